The summed E-state index contributed by atoms with van der Waals surface area (Å²) < 4.78 is 5.27. The highest BCUT2D eigenvalue weighted by Crippen LogP contribution is 2.24. The van der Waals surface area contributed by atoms with Crippen LogP contribution in [-0.4, -0.2) is 55.8 Å². The highest BCUT2D eigenvalue weighted by molar-refractivity contribution is 7.98. The van der Waals surface area contributed by atoms with Gasteiger partial charge in [0.2, 0.25) is 0 Å². The molecular weight excluding hydrogens is 372 g/mol. The van der Waals surface area contributed by atoms with Crippen molar-refractivity contribution >= 4 is 29.3 Å². The zero-order valence-corrected chi connectivity index (χ0v) is 17.4. The van der Waals surface area contributed by atoms with Crippen LogP contribution >= 0.6 is 11.8 Å². The standard InChI is InChI=1S/C22H26N2O3S/c1-16-7-6-9-19(17(16)2)23-11-13-24(14-12-23)21(25)15-27-22(26)18-8-4-5-10-20(18)28-3/h4-10H,11-15H2,1-3H3. The van der Waals surface area contributed by atoms with Crippen LogP contribution in [0.25, 0.3) is 0 Å². The summed E-state index contributed by atoms with van der Waals surface area (Å²) in [4.78, 5) is 29.7. The van der Waals surface area contributed by atoms with Crippen molar-refractivity contribution in [2.24, 2.45) is 0 Å². The molecule has 0 radical (unpaired) electrons. The third kappa shape index (κ3) is 4.50. The van der Waals surface area contributed by atoms with Gasteiger partial charge in [0.05, 0.1) is 5.56 Å². The van der Waals surface area contributed by atoms with E-state index < -0.39 is 5.97 Å². The molecular formula is C22H26N2O3S. The number of hydrogen-bond acceptors (Lipinski definition) is 5. The molecule has 1 aliphatic heterocycles. The molecule has 0 bridgehead atoms. The van der Waals surface area contributed by atoms with Crippen LogP contribution in [0.1, 0.15) is 21.5 Å². The summed E-state index contributed by atoms with van der Waals surface area (Å²) in [5.74, 6) is -0.595. The van der Waals surface area contributed by atoms with Gasteiger partial charge in [-0.2, -0.15) is 0 Å². The van der Waals surface area contributed by atoms with Gasteiger partial charge in [-0.1, -0.05) is 24.3 Å². The number of hydrogen-bond donors (Lipinski definition) is 0. The third-order valence-electron chi connectivity index (χ3n) is 5.20. The van der Waals surface area contributed by atoms with Crippen molar-refractivity contribution in [1.29, 1.82) is 0 Å². The van der Waals surface area contributed by atoms with Crippen LogP contribution in [0.3, 0.4) is 0 Å². The highest BCUT2D eigenvalue weighted by Gasteiger charge is 2.23. The van der Waals surface area contributed by atoms with Crippen LogP contribution in [0, 0.1) is 13.8 Å². The summed E-state index contributed by atoms with van der Waals surface area (Å²) in [6.07, 6.45) is 1.91. The number of nitrogens with zero attached hydrogens (tertiary/aromatic N) is 2. The van der Waals surface area contributed by atoms with Crippen molar-refractivity contribution in [3.8, 4) is 0 Å². The first-order valence-electron chi connectivity index (χ1n) is 9.40. The van der Waals surface area contributed by atoms with Gasteiger partial charge in [0.1, 0.15) is 0 Å². The predicted molar refractivity (Wildman–Crippen MR) is 113 cm³/mol. The smallest absolute Gasteiger partial charge is 0.339 e. The van der Waals surface area contributed by atoms with Gasteiger partial charge in [-0.3, -0.25) is 4.79 Å². The van der Waals surface area contributed by atoms with Crippen LogP contribution in [0.5, 0.6) is 0 Å². The quantitative estimate of drug-likeness (QED) is 0.570. The number of thioether (sulfide) groups is 1. The molecule has 5 nitrogen and oxygen atoms in total. The fraction of sp³-hybridized carbons (Fsp3) is 0.364. The number of amides is 1. The van der Waals surface area contributed by atoms with Crippen molar-refractivity contribution in [2.45, 2.75) is 18.7 Å². The Balaban J connectivity index is 1.53. The highest BCUT2D eigenvalue weighted by atomic mass is 32.2. The average molecular weight is 399 g/mol. The molecule has 2 aromatic rings. The molecule has 1 heterocycles. The van der Waals surface area contributed by atoms with Gasteiger partial charge in [-0.25, -0.2) is 4.79 Å². The van der Waals surface area contributed by atoms with Crippen molar-refractivity contribution < 1.29 is 14.3 Å². The van der Waals surface area contributed by atoms with Crippen molar-refractivity contribution in [3.05, 3.63) is 59.2 Å². The number of carbonyl (C=O) groups is 2. The Morgan fingerprint density at radius 2 is 1.71 bits per heavy atom. The maximum absolute atomic E-state index is 12.5. The Morgan fingerprint density at radius 1 is 1.00 bits per heavy atom. The van der Waals surface area contributed by atoms with Crippen molar-refractivity contribution in [3.63, 3.8) is 0 Å². The number of carbonyl (C=O) groups excluding carboxylic acids is 2. The molecule has 28 heavy (non-hydrogen) atoms. The lowest BCUT2D eigenvalue weighted by Crippen LogP contribution is -2.50. The zero-order valence-electron chi connectivity index (χ0n) is 16.6. The van der Waals surface area contributed by atoms with Gasteiger partial charge in [-0.05, 0) is 49.4 Å². The molecule has 0 aliphatic carbocycles. The minimum absolute atomic E-state index is 0.143. The minimum atomic E-state index is -0.452. The Kier molecular flexibility index (Phi) is 6.62. The number of piperazine rings is 1. The summed E-state index contributed by atoms with van der Waals surface area (Å²) in [6.45, 7) is 6.84. The molecule has 0 N–H and O–H groups in total. The van der Waals surface area contributed by atoms with E-state index in [1.165, 1.54) is 28.6 Å². The van der Waals surface area contributed by atoms with Crippen LogP contribution in [0.2, 0.25) is 0 Å². The van der Waals surface area contributed by atoms with Crippen LogP contribution in [0.15, 0.2) is 47.4 Å². The number of aryl methyl sites for hydroxylation is 1. The lowest BCUT2D eigenvalue weighted by molar-refractivity contribution is -0.134. The first-order chi connectivity index (χ1) is 13.5. The molecule has 1 fully saturated rings. The summed E-state index contributed by atoms with van der Waals surface area (Å²) in [5.41, 5.74) is 4.28. The topological polar surface area (TPSA) is 49.9 Å². The maximum atomic E-state index is 12.5. The molecule has 1 amide bonds. The summed E-state index contributed by atoms with van der Waals surface area (Å²) in [7, 11) is 0. The van der Waals surface area contributed by atoms with E-state index in [9.17, 15) is 9.59 Å². The Hall–Kier alpha value is -2.47. The summed E-state index contributed by atoms with van der Waals surface area (Å²) in [6, 6.07) is 13.6. The number of benzene rings is 2. The predicted octanol–water partition coefficient (Wildman–Crippen LogP) is 3.53. The second kappa shape index (κ2) is 9.15. The lowest BCUT2D eigenvalue weighted by Gasteiger charge is -2.37. The third-order valence-corrected chi connectivity index (χ3v) is 6.00. The lowest BCUT2D eigenvalue weighted by atomic mass is 10.1. The van der Waals surface area contributed by atoms with Crippen LogP contribution < -0.4 is 4.90 Å². The van der Waals surface area contributed by atoms with E-state index in [0.29, 0.717) is 18.7 Å². The molecule has 0 saturated carbocycles. The van der Waals surface area contributed by atoms with E-state index in [0.717, 1.165) is 18.0 Å². The molecule has 148 valence electrons. The maximum Gasteiger partial charge on any atom is 0.339 e. The molecule has 0 unspecified atom stereocenters. The fourth-order valence-electron chi connectivity index (χ4n) is 3.38. The average Bonchev–Trinajstić information content (AvgIpc) is 2.73. The summed E-state index contributed by atoms with van der Waals surface area (Å²) >= 11 is 1.48. The first kappa shape index (κ1) is 20.3. The van der Waals surface area contributed by atoms with Crippen LogP contribution in [-0.2, 0) is 9.53 Å². The van der Waals surface area contributed by atoms with E-state index in [1.807, 2.05) is 18.4 Å². The first-order valence-corrected chi connectivity index (χ1v) is 10.6. The molecule has 0 aromatic heterocycles. The van der Waals surface area contributed by atoms with Crippen LogP contribution in [0.4, 0.5) is 5.69 Å². The van der Waals surface area contributed by atoms with Gasteiger partial charge in [0.15, 0.2) is 6.61 Å². The molecule has 3 rings (SSSR count). The number of rotatable bonds is 5. The van der Waals surface area contributed by atoms with Gasteiger partial charge in [0.25, 0.3) is 5.91 Å². The Morgan fingerprint density at radius 3 is 2.43 bits per heavy atom. The fourth-order valence-corrected chi connectivity index (χ4v) is 3.97. The van der Waals surface area contributed by atoms with Gasteiger partial charge < -0.3 is 14.5 Å². The monoisotopic (exact) mass is 398 g/mol. The second-order valence-corrected chi connectivity index (χ2v) is 7.71. The molecule has 2 aromatic carbocycles. The summed E-state index contributed by atoms with van der Waals surface area (Å²) in [5, 5.41) is 0. The molecule has 1 aliphatic rings. The van der Waals surface area contributed by atoms with E-state index in [-0.39, 0.29) is 12.5 Å². The second-order valence-electron chi connectivity index (χ2n) is 6.86. The normalized spacial score (nSPS) is 14.1. The van der Waals surface area contributed by atoms with E-state index in [2.05, 4.69) is 36.9 Å². The minimum Gasteiger partial charge on any atom is -0.452 e. The molecule has 1 saturated heterocycles. The van der Waals surface area contributed by atoms with Gasteiger partial charge in [-0.15, -0.1) is 11.8 Å². The number of anilines is 1. The number of ether oxygens (including phenoxy) is 1. The zero-order chi connectivity index (χ0) is 20.1. The SMILES string of the molecule is CSc1ccccc1C(=O)OCC(=O)N1CCN(c2cccc(C)c2C)CC1. The molecule has 6 heteroatoms. The van der Waals surface area contributed by atoms with Crippen molar-refractivity contribution in [2.75, 3.05) is 43.9 Å². The van der Waals surface area contributed by atoms with E-state index >= 15 is 0 Å². The van der Waals surface area contributed by atoms with Gasteiger partial charge >= 0.3 is 5.97 Å². The Bertz CT molecular complexity index is 861. The molecule has 0 spiro atoms. The van der Waals surface area contributed by atoms with E-state index in [4.69, 9.17) is 4.74 Å². The number of esters is 1. The van der Waals surface area contributed by atoms with Gasteiger partial charge in [0, 0.05) is 36.8 Å². The molecule has 0 atom stereocenters. The van der Waals surface area contributed by atoms with Crippen molar-refractivity contribution in [1.82, 2.24) is 4.90 Å². The Labute approximate surface area is 170 Å². The largest absolute Gasteiger partial charge is 0.452 e. The van der Waals surface area contributed by atoms with E-state index in [1.54, 1.807) is 17.0 Å².